The standard InChI is InChI=1S/C10H9NO/c1-3-9-8(2)5-4-6-10(9)11-7-12/h3-6H,1H2,2H3. The molecule has 0 atom stereocenters. The van der Waals surface area contributed by atoms with E-state index in [4.69, 9.17) is 0 Å². The van der Waals surface area contributed by atoms with Gasteiger partial charge in [0.05, 0.1) is 5.69 Å². The molecule has 2 nitrogen and oxygen atoms in total. The SMILES string of the molecule is C=Cc1c(C)cccc1N=C=O. The van der Waals surface area contributed by atoms with Crippen molar-refractivity contribution in [1.82, 2.24) is 0 Å². The summed E-state index contributed by atoms with van der Waals surface area (Å²) in [6, 6.07) is 5.55. The Morgan fingerprint density at radius 1 is 1.58 bits per heavy atom. The number of aryl methyl sites for hydroxylation is 1. The Labute approximate surface area is 71.3 Å². The van der Waals surface area contributed by atoms with Crippen LogP contribution in [0, 0.1) is 6.92 Å². The minimum absolute atomic E-state index is 0.625. The molecule has 0 saturated heterocycles. The number of nitrogens with zero attached hydrogens (tertiary/aromatic N) is 1. The molecule has 2 heteroatoms. The van der Waals surface area contributed by atoms with Gasteiger partial charge in [0.2, 0.25) is 6.08 Å². The van der Waals surface area contributed by atoms with Crippen LogP contribution in [0.3, 0.4) is 0 Å². The van der Waals surface area contributed by atoms with Gasteiger partial charge in [-0.05, 0) is 18.6 Å². The molecule has 0 N–H and O–H groups in total. The lowest BCUT2D eigenvalue weighted by Crippen LogP contribution is -1.79. The summed E-state index contributed by atoms with van der Waals surface area (Å²) in [7, 11) is 0. The van der Waals surface area contributed by atoms with Gasteiger partial charge in [-0.25, -0.2) is 4.79 Å². The molecule has 0 aliphatic rings. The Morgan fingerprint density at radius 3 is 2.92 bits per heavy atom. The van der Waals surface area contributed by atoms with Crippen molar-refractivity contribution in [2.24, 2.45) is 4.99 Å². The molecule has 0 aliphatic heterocycles. The topological polar surface area (TPSA) is 29.4 Å². The fraction of sp³-hybridized carbons (Fsp3) is 0.100. The molecule has 12 heavy (non-hydrogen) atoms. The molecule has 0 radical (unpaired) electrons. The lowest BCUT2D eigenvalue weighted by Gasteiger charge is -2.01. The van der Waals surface area contributed by atoms with Crippen molar-refractivity contribution in [2.75, 3.05) is 0 Å². The highest BCUT2D eigenvalue weighted by Crippen LogP contribution is 2.22. The van der Waals surface area contributed by atoms with Crippen LogP contribution in [0.25, 0.3) is 6.08 Å². The van der Waals surface area contributed by atoms with Gasteiger partial charge in [0, 0.05) is 5.56 Å². The quantitative estimate of drug-likeness (QED) is 0.481. The normalized spacial score (nSPS) is 8.75. The maximum atomic E-state index is 10.0. The molecule has 0 unspecified atom stereocenters. The minimum atomic E-state index is 0.625. The number of rotatable bonds is 2. The van der Waals surface area contributed by atoms with Gasteiger partial charge < -0.3 is 0 Å². The van der Waals surface area contributed by atoms with E-state index in [1.165, 1.54) is 6.08 Å². The van der Waals surface area contributed by atoms with Crippen LogP contribution in [0.2, 0.25) is 0 Å². The molecular weight excluding hydrogens is 150 g/mol. The second-order valence-corrected chi connectivity index (χ2v) is 2.41. The van der Waals surface area contributed by atoms with E-state index in [1.54, 1.807) is 12.1 Å². The molecule has 60 valence electrons. The lowest BCUT2D eigenvalue weighted by molar-refractivity contribution is 0.565. The Hall–Kier alpha value is -1.66. The smallest absolute Gasteiger partial charge is 0.211 e. The predicted octanol–water partition coefficient (Wildman–Crippen LogP) is 2.61. The first-order valence-electron chi connectivity index (χ1n) is 3.59. The van der Waals surface area contributed by atoms with E-state index < -0.39 is 0 Å². The molecule has 0 amide bonds. The van der Waals surface area contributed by atoms with Crippen molar-refractivity contribution in [3.05, 3.63) is 35.9 Å². The second-order valence-electron chi connectivity index (χ2n) is 2.41. The third kappa shape index (κ3) is 1.49. The summed E-state index contributed by atoms with van der Waals surface area (Å²) >= 11 is 0. The Morgan fingerprint density at radius 2 is 2.33 bits per heavy atom. The fourth-order valence-corrected chi connectivity index (χ4v) is 1.08. The Balaban J connectivity index is 3.36. The van der Waals surface area contributed by atoms with Crippen LogP contribution in [-0.4, -0.2) is 6.08 Å². The van der Waals surface area contributed by atoms with E-state index in [-0.39, 0.29) is 0 Å². The van der Waals surface area contributed by atoms with E-state index in [9.17, 15) is 4.79 Å². The molecule has 0 spiro atoms. The highest BCUT2D eigenvalue weighted by molar-refractivity contribution is 5.68. The van der Waals surface area contributed by atoms with Gasteiger partial charge in [0.1, 0.15) is 0 Å². The van der Waals surface area contributed by atoms with Crippen molar-refractivity contribution in [2.45, 2.75) is 6.92 Å². The van der Waals surface area contributed by atoms with Gasteiger partial charge in [-0.1, -0.05) is 24.8 Å². The summed E-state index contributed by atoms with van der Waals surface area (Å²) < 4.78 is 0. The summed E-state index contributed by atoms with van der Waals surface area (Å²) in [5, 5.41) is 0. The molecule has 1 rings (SSSR count). The first-order valence-corrected chi connectivity index (χ1v) is 3.59. The molecule has 0 saturated carbocycles. The third-order valence-electron chi connectivity index (χ3n) is 1.67. The van der Waals surface area contributed by atoms with Crippen molar-refractivity contribution < 1.29 is 4.79 Å². The number of isocyanates is 1. The monoisotopic (exact) mass is 159 g/mol. The van der Waals surface area contributed by atoms with Gasteiger partial charge >= 0.3 is 0 Å². The number of benzene rings is 1. The molecule has 1 aromatic carbocycles. The zero-order valence-corrected chi connectivity index (χ0v) is 6.87. The van der Waals surface area contributed by atoms with E-state index in [1.807, 2.05) is 19.1 Å². The summed E-state index contributed by atoms with van der Waals surface area (Å²) in [4.78, 5) is 13.6. The summed E-state index contributed by atoms with van der Waals surface area (Å²) in [5.41, 5.74) is 2.57. The maximum absolute atomic E-state index is 10.0. The predicted molar refractivity (Wildman–Crippen MR) is 49.1 cm³/mol. The molecule has 0 heterocycles. The van der Waals surface area contributed by atoms with Crippen molar-refractivity contribution in [3.63, 3.8) is 0 Å². The van der Waals surface area contributed by atoms with E-state index in [0.29, 0.717) is 5.69 Å². The van der Waals surface area contributed by atoms with Crippen molar-refractivity contribution >= 4 is 17.8 Å². The van der Waals surface area contributed by atoms with Crippen LogP contribution < -0.4 is 0 Å². The molecule has 0 aromatic heterocycles. The molecule has 1 aromatic rings. The first-order chi connectivity index (χ1) is 5.79. The zero-order valence-electron chi connectivity index (χ0n) is 6.87. The van der Waals surface area contributed by atoms with Crippen LogP contribution in [0.1, 0.15) is 11.1 Å². The van der Waals surface area contributed by atoms with Crippen LogP contribution >= 0.6 is 0 Å². The fourth-order valence-electron chi connectivity index (χ4n) is 1.08. The van der Waals surface area contributed by atoms with E-state index in [0.717, 1.165) is 11.1 Å². The van der Waals surface area contributed by atoms with E-state index >= 15 is 0 Å². The number of carbonyl (C=O) groups excluding carboxylic acids is 1. The number of hydrogen-bond donors (Lipinski definition) is 0. The highest BCUT2D eigenvalue weighted by Gasteiger charge is 1.98. The maximum Gasteiger partial charge on any atom is 0.240 e. The average molecular weight is 159 g/mol. The third-order valence-corrected chi connectivity index (χ3v) is 1.67. The Bertz CT molecular complexity index is 349. The largest absolute Gasteiger partial charge is 0.240 e. The number of aliphatic imine (C=N–C) groups is 1. The van der Waals surface area contributed by atoms with Gasteiger partial charge in [0.25, 0.3) is 0 Å². The van der Waals surface area contributed by atoms with Gasteiger partial charge in [0.15, 0.2) is 0 Å². The van der Waals surface area contributed by atoms with Crippen molar-refractivity contribution in [1.29, 1.82) is 0 Å². The number of hydrogen-bond acceptors (Lipinski definition) is 2. The van der Waals surface area contributed by atoms with Gasteiger partial charge in [-0.3, -0.25) is 0 Å². The minimum Gasteiger partial charge on any atom is -0.211 e. The Kier molecular flexibility index (Phi) is 2.57. The van der Waals surface area contributed by atoms with Crippen LogP contribution in [-0.2, 0) is 4.79 Å². The molecule has 0 fully saturated rings. The van der Waals surface area contributed by atoms with Crippen LogP contribution in [0.15, 0.2) is 29.8 Å². The second kappa shape index (κ2) is 3.65. The first kappa shape index (κ1) is 8.44. The highest BCUT2D eigenvalue weighted by atomic mass is 16.1. The van der Waals surface area contributed by atoms with Crippen molar-refractivity contribution in [3.8, 4) is 0 Å². The molecule has 0 aliphatic carbocycles. The molecule has 0 bridgehead atoms. The summed E-state index contributed by atoms with van der Waals surface area (Å²) in [6.45, 7) is 5.59. The van der Waals surface area contributed by atoms with E-state index in [2.05, 4.69) is 11.6 Å². The van der Waals surface area contributed by atoms with Crippen LogP contribution in [0.4, 0.5) is 5.69 Å². The average Bonchev–Trinajstić information content (AvgIpc) is 2.05. The summed E-state index contributed by atoms with van der Waals surface area (Å²) in [6.07, 6.45) is 3.20. The van der Waals surface area contributed by atoms with Gasteiger partial charge in [-0.2, -0.15) is 4.99 Å². The lowest BCUT2D eigenvalue weighted by atomic mass is 10.1. The zero-order chi connectivity index (χ0) is 8.97. The molecular formula is C10H9NO. The van der Waals surface area contributed by atoms with Gasteiger partial charge in [-0.15, -0.1) is 0 Å². The summed E-state index contributed by atoms with van der Waals surface area (Å²) in [5.74, 6) is 0. The van der Waals surface area contributed by atoms with Crippen LogP contribution in [0.5, 0.6) is 0 Å².